The van der Waals surface area contributed by atoms with Gasteiger partial charge >= 0.3 is 11.9 Å². The van der Waals surface area contributed by atoms with E-state index in [9.17, 15) is 9.59 Å². The van der Waals surface area contributed by atoms with Crippen LogP contribution in [-0.2, 0) is 9.47 Å². The van der Waals surface area contributed by atoms with Gasteiger partial charge in [-0.25, -0.2) is 19.6 Å². The molecule has 0 fully saturated rings. The molecule has 0 radical (unpaired) electrons. The first-order valence-corrected chi connectivity index (χ1v) is 8.43. The van der Waals surface area contributed by atoms with Gasteiger partial charge in [-0.3, -0.25) is 0 Å². The summed E-state index contributed by atoms with van der Waals surface area (Å²) in [6.07, 6.45) is 3.02. The van der Waals surface area contributed by atoms with Crippen molar-refractivity contribution in [2.45, 2.75) is 0 Å². The Morgan fingerprint density at radius 3 is 1.50 bits per heavy atom. The van der Waals surface area contributed by atoms with E-state index in [-0.39, 0.29) is 21.4 Å². The summed E-state index contributed by atoms with van der Waals surface area (Å²) in [5.74, 6) is -0.984. The van der Waals surface area contributed by atoms with E-state index in [2.05, 4.69) is 51.3 Å². The van der Waals surface area contributed by atoms with Crippen molar-refractivity contribution in [1.29, 1.82) is 0 Å². The number of carbonyl (C=O) groups excluding carboxylic acids is 2. The van der Waals surface area contributed by atoms with Crippen LogP contribution in [0.15, 0.2) is 33.5 Å². The summed E-state index contributed by atoms with van der Waals surface area (Å²) in [4.78, 5) is 29.6. The van der Waals surface area contributed by atoms with Gasteiger partial charge in [-0.2, -0.15) is 0 Å². The minimum atomic E-state index is -0.492. The van der Waals surface area contributed by atoms with Crippen LogP contribution in [0.2, 0.25) is 10.3 Å². The fourth-order valence-electron chi connectivity index (χ4n) is 1.35. The topological polar surface area (TPSA) is 78.4 Å². The van der Waals surface area contributed by atoms with Gasteiger partial charge in [0.1, 0.15) is 10.3 Å². The highest BCUT2D eigenvalue weighted by molar-refractivity contribution is 9.10. The zero-order chi connectivity index (χ0) is 18.3. The Morgan fingerprint density at radius 1 is 0.875 bits per heavy atom. The second-order valence-electron chi connectivity index (χ2n) is 3.97. The quantitative estimate of drug-likeness (QED) is 0.444. The third-order valence-corrected chi connectivity index (χ3v) is 3.89. The molecule has 6 nitrogen and oxygen atoms in total. The summed E-state index contributed by atoms with van der Waals surface area (Å²) in [7, 11) is 2.58. The number of nitrogens with zero attached hydrogens (tertiary/aromatic N) is 2. The molecule has 0 atom stereocenters. The Hall–Kier alpha value is -1.22. The van der Waals surface area contributed by atoms with Gasteiger partial charge < -0.3 is 9.47 Å². The smallest absolute Gasteiger partial charge is 0.341 e. The lowest BCUT2D eigenvalue weighted by Crippen LogP contribution is -2.02. The average molecular weight is 501 g/mol. The molecule has 2 aromatic rings. The molecule has 0 amide bonds. The second kappa shape index (κ2) is 9.93. The number of pyridine rings is 2. The molecule has 0 aliphatic heterocycles. The van der Waals surface area contributed by atoms with Gasteiger partial charge in [0.25, 0.3) is 0 Å². The van der Waals surface area contributed by atoms with Gasteiger partial charge in [-0.15, -0.1) is 0 Å². The zero-order valence-corrected chi connectivity index (χ0v) is 17.0. The summed E-state index contributed by atoms with van der Waals surface area (Å²) >= 11 is 17.6. The largest absolute Gasteiger partial charge is 0.465 e. The molecule has 0 N–H and O–H groups in total. The zero-order valence-electron chi connectivity index (χ0n) is 12.3. The number of ether oxygens (including phenoxy) is 2. The highest BCUT2D eigenvalue weighted by Gasteiger charge is 2.12. The molecule has 0 aliphatic rings. The fourth-order valence-corrected chi connectivity index (χ4v) is 2.37. The molecular weight excluding hydrogens is 491 g/mol. The summed E-state index contributed by atoms with van der Waals surface area (Å²) in [5, 5.41) is 0.287. The maximum atomic E-state index is 11.0. The van der Waals surface area contributed by atoms with E-state index in [1.165, 1.54) is 26.6 Å². The van der Waals surface area contributed by atoms with E-state index in [0.717, 1.165) is 0 Å². The van der Waals surface area contributed by atoms with Crippen LogP contribution in [0.4, 0.5) is 0 Å². The molecule has 2 heterocycles. The van der Waals surface area contributed by atoms with Gasteiger partial charge in [-0.05, 0) is 44.0 Å². The number of halogens is 4. The van der Waals surface area contributed by atoms with Gasteiger partial charge in [-0.1, -0.05) is 23.2 Å². The van der Waals surface area contributed by atoms with Crippen LogP contribution >= 0.6 is 55.1 Å². The molecular formula is C14H10Br2Cl2N2O4. The number of carbonyl (C=O) groups is 2. The van der Waals surface area contributed by atoms with Crippen LogP contribution in [0.3, 0.4) is 0 Å². The number of rotatable bonds is 2. The minimum absolute atomic E-state index is 0.144. The van der Waals surface area contributed by atoms with Crippen LogP contribution in [0.25, 0.3) is 0 Å². The third-order valence-electron chi connectivity index (χ3n) is 2.42. The molecule has 24 heavy (non-hydrogen) atoms. The van der Waals surface area contributed by atoms with Gasteiger partial charge in [0.05, 0.1) is 25.3 Å². The van der Waals surface area contributed by atoms with Crippen molar-refractivity contribution in [2.75, 3.05) is 14.2 Å². The van der Waals surface area contributed by atoms with Crippen LogP contribution in [0.1, 0.15) is 20.7 Å². The Labute approximate surface area is 164 Å². The predicted octanol–water partition coefficient (Wildman–Crippen LogP) is 4.57. The van der Waals surface area contributed by atoms with E-state index in [4.69, 9.17) is 23.2 Å². The third kappa shape index (κ3) is 6.01. The van der Waals surface area contributed by atoms with Crippen LogP contribution in [0, 0.1) is 0 Å². The Bertz CT molecular complexity index is 696. The van der Waals surface area contributed by atoms with Crippen molar-refractivity contribution in [2.24, 2.45) is 0 Å². The summed E-state index contributed by atoms with van der Waals surface area (Å²) in [6.45, 7) is 0. The summed E-state index contributed by atoms with van der Waals surface area (Å²) in [6, 6.07) is 3.11. The lowest BCUT2D eigenvalue weighted by Gasteiger charge is -2.00. The Morgan fingerprint density at radius 2 is 1.21 bits per heavy atom. The van der Waals surface area contributed by atoms with Crippen LogP contribution < -0.4 is 0 Å². The van der Waals surface area contributed by atoms with Crippen LogP contribution in [-0.4, -0.2) is 36.1 Å². The van der Waals surface area contributed by atoms with E-state index in [1.54, 1.807) is 12.1 Å². The first-order valence-electron chi connectivity index (χ1n) is 6.08. The molecule has 0 unspecified atom stereocenters. The fraction of sp³-hybridized carbons (Fsp3) is 0.143. The highest BCUT2D eigenvalue weighted by atomic mass is 79.9. The van der Waals surface area contributed by atoms with Gasteiger partial charge in [0, 0.05) is 21.3 Å². The van der Waals surface area contributed by atoms with Crippen molar-refractivity contribution in [3.05, 3.63) is 54.9 Å². The van der Waals surface area contributed by atoms with Gasteiger partial charge in [0.15, 0.2) is 0 Å². The van der Waals surface area contributed by atoms with E-state index >= 15 is 0 Å². The Kier molecular flexibility index (Phi) is 8.61. The monoisotopic (exact) mass is 498 g/mol. The SMILES string of the molecule is COC(=O)c1cc(Br)cnc1Cl.COC(=O)c1cc(Br)cnc1Cl. The molecule has 10 heteroatoms. The molecule has 128 valence electrons. The lowest BCUT2D eigenvalue weighted by atomic mass is 10.3. The van der Waals surface area contributed by atoms with E-state index < -0.39 is 11.9 Å². The number of hydrogen-bond acceptors (Lipinski definition) is 6. The minimum Gasteiger partial charge on any atom is -0.465 e. The number of esters is 2. The first-order chi connectivity index (χ1) is 11.3. The van der Waals surface area contributed by atoms with Crippen molar-refractivity contribution < 1.29 is 19.1 Å². The second-order valence-corrected chi connectivity index (χ2v) is 6.51. The molecule has 0 spiro atoms. The Balaban J connectivity index is 0.000000240. The maximum absolute atomic E-state index is 11.0. The predicted molar refractivity (Wildman–Crippen MR) is 96.6 cm³/mol. The maximum Gasteiger partial charge on any atom is 0.341 e. The van der Waals surface area contributed by atoms with Crippen molar-refractivity contribution in [3.63, 3.8) is 0 Å². The lowest BCUT2D eigenvalue weighted by molar-refractivity contribution is 0.0591. The van der Waals surface area contributed by atoms with E-state index in [1.807, 2.05) is 0 Å². The van der Waals surface area contributed by atoms with E-state index in [0.29, 0.717) is 8.95 Å². The van der Waals surface area contributed by atoms with Crippen molar-refractivity contribution in [1.82, 2.24) is 9.97 Å². The van der Waals surface area contributed by atoms with Crippen molar-refractivity contribution in [3.8, 4) is 0 Å². The molecule has 0 aliphatic carbocycles. The standard InChI is InChI=1S/2C7H5BrClNO2/c2*1-12-7(11)5-2-4(8)3-10-6(5)9/h2*2-3H,1H3. The van der Waals surface area contributed by atoms with Gasteiger partial charge in [0.2, 0.25) is 0 Å². The summed E-state index contributed by atoms with van der Waals surface area (Å²) in [5.41, 5.74) is 0.516. The molecule has 0 saturated heterocycles. The van der Waals surface area contributed by atoms with Crippen molar-refractivity contribution >= 4 is 67.0 Å². The summed E-state index contributed by atoms with van der Waals surface area (Å²) < 4.78 is 10.4. The highest BCUT2D eigenvalue weighted by Crippen LogP contribution is 2.19. The number of hydrogen-bond donors (Lipinski definition) is 0. The number of methoxy groups -OCH3 is 2. The average Bonchev–Trinajstić information content (AvgIpc) is 2.58. The molecule has 0 bridgehead atoms. The van der Waals surface area contributed by atoms with Crippen LogP contribution in [0.5, 0.6) is 0 Å². The molecule has 0 aromatic carbocycles. The normalized spacial score (nSPS) is 9.58. The first kappa shape index (κ1) is 20.8. The number of aromatic nitrogens is 2. The molecule has 2 aromatic heterocycles. The molecule has 2 rings (SSSR count). The molecule has 0 saturated carbocycles.